The van der Waals surface area contributed by atoms with Gasteiger partial charge >= 0.3 is 5.97 Å². The molecule has 0 spiro atoms. The molecule has 1 aromatic heterocycles. The normalized spacial score (nSPS) is 10.2. The molecular weight excluding hydrogens is 324 g/mol. The van der Waals surface area contributed by atoms with E-state index in [1.165, 1.54) is 19.4 Å². The van der Waals surface area contributed by atoms with E-state index in [-0.39, 0.29) is 11.6 Å². The molecule has 8 nitrogen and oxygen atoms in total. The Morgan fingerprint density at radius 3 is 2.56 bits per heavy atom. The fraction of sp³-hybridized carbons (Fsp3) is 0.294. The van der Waals surface area contributed by atoms with Gasteiger partial charge in [0.05, 0.1) is 12.7 Å². The van der Waals surface area contributed by atoms with E-state index < -0.39 is 5.97 Å². The van der Waals surface area contributed by atoms with Crippen molar-refractivity contribution in [2.24, 2.45) is 0 Å². The first-order valence-electron chi connectivity index (χ1n) is 7.69. The minimum atomic E-state index is -0.433. The van der Waals surface area contributed by atoms with E-state index in [9.17, 15) is 9.59 Å². The summed E-state index contributed by atoms with van der Waals surface area (Å²) in [6, 6.07) is 7.91. The molecule has 0 aliphatic rings. The number of carbonyl (C=O) groups is 2. The first-order chi connectivity index (χ1) is 12.1. The number of anilines is 2. The van der Waals surface area contributed by atoms with Gasteiger partial charge in [-0.3, -0.25) is 4.79 Å². The molecule has 2 aromatic rings. The summed E-state index contributed by atoms with van der Waals surface area (Å²) in [5.74, 6) is -0.421. The lowest BCUT2D eigenvalue weighted by Gasteiger charge is -2.08. The van der Waals surface area contributed by atoms with E-state index in [1.807, 2.05) is 0 Å². The summed E-state index contributed by atoms with van der Waals surface area (Å²) in [4.78, 5) is 31.9. The molecule has 0 saturated heterocycles. The molecule has 0 saturated carbocycles. The van der Waals surface area contributed by atoms with E-state index in [4.69, 9.17) is 4.74 Å². The Hall–Kier alpha value is -3.00. The van der Waals surface area contributed by atoms with Crippen LogP contribution in [0.25, 0.3) is 0 Å². The van der Waals surface area contributed by atoms with Crippen molar-refractivity contribution in [3.8, 4) is 0 Å². The van der Waals surface area contributed by atoms with Crippen molar-refractivity contribution < 1.29 is 19.1 Å². The largest absolute Gasteiger partial charge is 0.465 e. The standard InChI is InChI=1S/C17H20N4O4/c1-24-11-3-9-18-17-19-10-8-14(21-17)15(22)20-13-6-4-12(5-7-13)16(23)25-2/h4-8,10H,3,9,11H2,1-2H3,(H,20,22)(H,18,19,21). The van der Waals surface area contributed by atoms with Gasteiger partial charge in [-0.2, -0.15) is 0 Å². The van der Waals surface area contributed by atoms with Crippen LogP contribution in [-0.4, -0.2) is 49.2 Å². The topological polar surface area (TPSA) is 102 Å². The van der Waals surface area contributed by atoms with Crippen LogP contribution >= 0.6 is 0 Å². The van der Waals surface area contributed by atoms with Gasteiger partial charge in [0, 0.05) is 32.1 Å². The smallest absolute Gasteiger partial charge is 0.337 e. The van der Waals surface area contributed by atoms with Crippen LogP contribution in [0.15, 0.2) is 36.5 Å². The maximum atomic E-state index is 12.3. The minimum Gasteiger partial charge on any atom is -0.465 e. The lowest BCUT2D eigenvalue weighted by molar-refractivity contribution is 0.0600. The van der Waals surface area contributed by atoms with Crippen molar-refractivity contribution in [1.29, 1.82) is 0 Å². The number of nitrogens with zero attached hydrogens (tertiary/aromatic N) is 2. The number of hydrogen-bond donors (Lipinski definition) is 2. The summed E-state index contributed by atoms with van der Waals surface area (Å²) in [6.07, 6.45) is 2.32. The summed E-state index contributed by atoms with van der Waals surface area (Å²) >= 11 is 0. The highest BCUT2D eigenvalue weighted by molar-refractivity contribution is 6.03. The monoisotopic (exact) mass is 344 g/mol. The van der Waals surface area contributed by atoms with Crippen LogP contribution in [0.1, 0.15) is 27.3 Å². The van der Waals surface area contributed by atoms with Crippen molar-refractivity contribution in [2.75, 3.05) is 38.0 Å². The molecule has 132 valence electrons. The summed E-state index contributed by atoms with van der Waals surface area (Å²) in [6.45, 7) is 1.28. The maximum absolute atomic E-state index is 12.3. The van der Waals surface area contributed by atoms with Crippen molar-refractivity contribution in [1.82, 2.24) is 9.97 Å². The minimum absolute atomic E-state index is 0.237. The predicted octanol–water partition coefficient (Wildman–Crippen LogP) is 1.96. The zero-order valence-corrected chi connectivity index (χ0v) is 14.1. The zero-order chi connectivity index (χ0) is 18.1. The van der Waals surface area contributed by atoms with E-state index in [0.29, 0.717) is 30.4 Å². The van der Waals surface area contributed by atoms with E-state index in [0.717, 1.165) is 6.42 Å². The Morgan fingerprint density at radius 2 is 1.88 bits per heavy atom. The molecule has 2 N–H and O–H groups in total. The van der Waals surface area contributed by atoms with Gasteiger partial charge in [-0.15, -0.1) is 0 Å². The lowest BCUT2D eigenvalue weighted by atomic mass is 10.2. The first-order valence-corrected chi connectivity index (χ1v) is 7.69. The zero-order valence-electron chi connectivity index (χ0n) is 14.1. The Morgan fingerprint density at radius 1 is 1.12 bits per heavy atom. The van der Waals surface area contributed by atoms with E-state index in [2.05, 4.69) is 25.3 Å². The second-order valence-corrected chi connectivity index (χ2v) is 5.06. The van der Waals surface area contributed by atoms with E-state index >= 15 is 0 Å². The summed E-state index contributed by atoms with van der Waals surface area (Å²) in [7, 11) is 2.95. The molecule has 0 aliphatic carbocycles. The van der Waals surface area contributed by atoms with Crippen LogP contribution in [0.3, 0.4) is 0 Å². The number of ether oxygens (including phenoxy) is 2. The average molecular weight is 344 g/mol. The van der Waals surface area contributed by atoms with Crippen LogP contribution in [0.2, 0.25) is 0 Å². The Balaban J connectivity index is 1.97. The Labute approximate surface area is 145 Å². The molecule has 2 rings (SSSR count). The number of benzene rings is 1. The number of aromatic nitrogens is 2. The van der Waals surface area contributed by atoms with Crippen LogP contribution < -0.4 is 10.6 Å². The summed E-state index contributed by atoms with van der Waals surface area (Å²) in [5, 5.41) is 5.75. The third kappa shape index (κ3) is 5.54. The molecule has 1 amide bonds. The van der Waals surface area contributed by atoms with Crippen LogP contribution in [-0.2, 0) is 9.47 Å². The van der Waals surface area contributed by atoms with Gasteiger partial charge < -0.3 is 20.1 Å². The van der Waals surface area contributed by atoms with Crippen molar-refractivity contribution >= 4 is 23.5 Å². The second-order valence-electron chi connectivity index (χ2n) is 5.06. The molecule has 0 atom stereocenters. The molecule has 8 heteroatoms. The average Bonchev–Trinajstić information content (AvgIpc) is 2.65. The van der Waals surface area contributed by atoms with Crippen LogP contribution in [0.5, 0.6) is 0 Å². The first kappa shape index (κ1) is 18.3. The number of methoxy groups -OCH3 is 2. The molecule has 0 unspecified atom stereocenters. The number of hydrogen-bond acceptors (Lipinski definition) is 7. The molecule has 0 radical (unpaired) electrons. The highest BCUT2D eigenvalue weighted by Crippen LogP contribution is 2.12. The fourth-order valence-electron chi connectivity index (χ4n) is 1.99. The van der Waals surface area contributed by atoms with Crippen molar-refractivity contribution in [3.63, 3.8) is 0 Å². The Kier molecular flexibility index (Phi) is 6.85. The molecular formula is C17H20N4O4. The van der Waals surface area contributed by atoms with Gasteiger partial charge in [0.15, 0.2) is 0 Å². The molecule has 0 fully saturated rings. The summed E-state index contributed by atoms with van der Waals surface area (Å²) < 4.78 is 9.59. The quantitative estimate of drug-likeness (QED) is 0.557. The van der Waals surface area contributed by atoms with Gasteiger partial charge in [0.1, 0.15) is 5.69 Å². The lowest BCUT2D eigenvalue weighted by Crippen LogP contribution is -2.16. The summed E-state index contributed by atoms with van der Waals surface area (Å²) in [5.41, 5.74) is 1.19. The van der Waals surface area contributed by atoms with Gasteiger partial charge in [0.2, 0.25) is 5.95 Å². The highest BCUT2D eigenvalue weighted by atomic mass is 16.5. The maximum Gasteiger partial charge on any atom is 0.337 e. The molecule has 25 heavy (non-hydrogen) atoms. The van der Waals surface area contributed by atoms with Crippen molar-refractivity contribution in [2.45, 2.75) is 6.42 Å². The molecule has 1 aromatic carbocycles. The van der Waals surface area contributed by atoms with Crippen LogP contribution in [0.4, 0.5) is 11.6 Å². The number of rotatable bonds is 8. The van der Waals surface area contributed by atoms with E-state index in [1.54, 1.807) is 31.4 Å². The third-order valence-corrected chi connectivity index (χ3v) is 3.26. The fourth-order valence-corrected chi connectivity index (χ4v) is 1.99. The van der Waals surface area contributed by atoms with Gasteiger partial charge in [-0.05, 0) is 36.8 Å². The molecule has 0 aliphatic heterocycles. The SMILES string of the molecule is COCCCNc1nccc(C(=O)Nc2ccc(C(=O)OC)cc2)n1. The highest BCUT2D eigenvalue weighted by Gasteiger charge is 2.10. The van der Waals surface area contributed by atoms with Gasteiger partial charge in [-0.25, -0.2) is 14.8 Å². The number of nitrogens with one attached hydrogen (secondary N) is 2. The molecule has 0 bridgehead atoms. The van der Waals surface area contributed by atoms with Gasteiger partial charge in [-0.1, -0.05) is 0 Å². The third-order valence-electron chi connectivity index (χ3n) is 3.26. The second kappa shape index (κ2) is 9.33. The van der Waals surface area contributed by atoms with Crippen molar-refractivity contribution in [3.05, 3.63) is 47.8 Å². The van der Waals surface area contributed by atoms with Crippen LogP contribution in [0, 0.1) is 0 Å². The Bertz CT molecular complexity index is 719. The number of amides is 1. The predicted molar refractivity (Wildman–Crippen MR) is 92.7 cm³/mol. The van der Waals surface area contributed by atoms with Gasteiger partial charge in [0.25, 0.3) is 5.91 Å². The number of esters is 1. The molecule has 1 heterocycles. The number of carbonyl (C=O) groups excluding carboxylic acids is 2.